The van der Waals surface area contributed by atoms with Gasteiger partial charge in [0, 0.05) is 11.7 Å². The highest BCUT2D eigenvalue weighted by Crippen LogP contribution is 2.25. The van der Waals surface area contributed by atoms with Gasteiger partial charge in [0.05, 0.1) is 23.3 Å². The van der Waals surface area contributed by atoms with Crippen molar-refractivity contribution in [2.75, 3.05) is 5.32 Å². The zero-order chi connectivity index (χ0) is 20.1. The van der Waals surface area contributed by atoms with Crippen LogP contribution in [0, 0.1) is 0 Å². The van der Waals surface area contributed by atoms with E-state index in [1.807, 2.05) is 37.3 Å². The number of carboxylic acids is 1. The van der Waals surface area contributed by atoms with E-state index in [2.05, 4.69) is 10.0 Å². The number of nitrogens with one attached hydrogen (secondary N) is 2. The Morgan fingerprint density at radius 3 is 2.50 bits per heavy atom. The molecule has 1 aromatic heterocycles. The van der Waals surface area contributed by atoms with Crippen molar-refractivity contribution in [1.29, 1.82) is 0 Å². The van der Waals surface area contributed by atoms with Gasteiger partial charge >= 0.3 is 5.97 Å². The lowest BCUT2D eigenvalue weighted by molar-refractivity contribution is 0.0697. The molecule has 0 fully saturated rings. The van der Waals surface area contributed by atoms with Crippen LogP contribution in [-0.4, -0.2) is 19.5 Å². The Labute approximate surface area is 163 Å². The second kappa shape index (κ2) is 8.28. The van der Waals surface area contributed by atoms with Crippen LogP contribution >= 0.6 is 0 Å². The normalized spacial score (nSPS) is 12.5. The SMILES string of the molecule is CC(Nc1ccc(S(=O)(=O)NCc2ccco2)cc1C(=O)O)c1ccccc1. The predicted molar refractivity (Wildman–Crippen MR) is 105 cm³/mol. The van der Waals surface area contributed by atoms with Gasteiger partial charge < -0.3 is 14.8 Å². The first-order valence-corrected chi connectivity index (χ1v) is 10.1. The zero-order valence-electron chi connectivity index (χ0n) is 15.1. The molecule has 1 heterocycles. The maximum absolute atomic E-state index is 12.5. The fourth-order valence-electron chi connectivity index (χ4n) is 2.71. The molecule has 3 rings (SSSR count). The Bertz CT molecular complexity index is 1050. The van der Waals surface area contributed by atoms with Crippen molar-refractivity contribution >= 4 is 21.7 Å². The summed E-state index contributed by atoms with van der Waals surface area (Å²) in [7, 11) is -3.89. The smallest absolute Gasteiger partial charge is 0.337 e. The summed E-state index contributed by atoms with van der Waals surface area (Å²) in [5, 5.41) is 12.7. The maximum Gasteiger partial charge on any atom is 0.337 e. The van der Waals surface area contributed by atoms with Gasteiger partial charge in [0.2, 0.25) is 10.0 Å². The lowest BCUT2D eigenvalue weighted by Crippen LogP contribution is -2.23. The Kier molecular flexibility index (Phi) is 5.81. The number of carboxylic acid groups (broad SMARTS) is 1. The molecule has 0 radical (unpaired) electrons. The molecule has 3 aromatic rings. The second-order valence-corrected chi connectivity index (χ2v) is 7.96. The molecule has 28 heavy (non-hydrogen) atoms. The molecule has 1 atom stereocenters. The molecule has 8 heteroatoms. The summed E-state index contributed by atoms with van der Waals surface area (Å²) < 4.78 is 32.5. The van der Waals surface area contributed by atoms with E-state index < -0.39 is 16.0 Å². The third kappa shape index (κ3) is 4.59. The fourth-order valence-corrected chi connectivity index (χ4v) is 3.73. The van der Waals surface area contributed by atoms with Crippen LogP contribution in [-0.2, 0) is 16.6 Å². The van der Waals surface area contributed by atoms with Crippen LogP contribution in [0.2, 0.25) is 0 Å². The number of hydrogen-bond donors (Lipinski definition) is 3. The first kappa shape index (κ1) is 19.7. The summed E-state index contributed by atoms with van der Waals surface area (Å²) in [6.07, 6.45) is 1.44. The molecule has 1 unspecified atom stereocenters. The largest absolute Gasteiger partial charge is 0.478 e. The molecule has 0 aliphatic carbocycles. The number of anilines is 1. The van der Waals surface area contributed by atoms with E-state index in [-0.39, 0.29) is 23.0 Å². The minimum absolute atomic E-state index is 0.0250. The lowest BCUT2D eigenvalue weighted by Gasteiger charge is -2.18. The van der Waals surface area contributed by atoms with Crippen LogP contribution in [0.25, 0.3) is 0 Å². The number of sulfonamides is 1. The summed E-state index contributed by atoms with van der Waals surface area (Å²) in [4.78, 5) is 11.6. The predicted octanol–water partition coefficient (Wildman–Crippen LogP) is 3.63. The Morgan fingerprint density at radius 2 is 1.86 bits per heavy atom. The van der Waals surface area contributed by atoms with Crippen LogP contribution in [0.3, 0.4) is 0 Å². The van der Waals surface area contributed by atoms with Crippen LogP contribution in [0.15, 0.2) is 76.2 Å². The summed E-state index contributed by atoms with van der Waals surface area (Å²) in [5.41, 5.74) is 1.20. The molecule has 0 saturated heterocycles. The first-order valence-electron chi connectivity index (χ1n) is 8.58. The number of carbonyl (C=O) groups is 1. The molecule has 0 amide bonds. The molecular weight excluding hydrogens is 380 g/mol. The van der Waals surface area contributed by atoms with Gasteiger partial charge in [0.25, 0.3) is 0 Å². The average Bonchev–Trinajstić information content (AvgIpc) is 3.21. The van der Waals surface area contributed by atoms with Gasteiger partial charge in [0.15, 0.2) is 0 Å². The molecule has 0 aliphatic heterocycles. The number of rotatable bonds is 8. The molecule has 3 N–H and O–H groups in total. The van der Waals surface area contributed by atoms with Gasteiger partial charge in [-0.3, -0.25) is 0 Å². The highest BCUT2D eigenvalue weighted by molar-refractivity contribution is 7.89. The van der Waals surface area contributed by atoms with E-state index >= 15 is 0 Å². The highest BCUT2D eigenvalue weighted by Gasteiger charge is 2.20. The molecule has 0 saturated carbocycles. The van der Waals surface area contributed by atoms with Crippen molar-refractivity contribution in [3.8, 4) is 0 Å². The summed E-state index contributed by atoms with van der Waals surface area (Å²) in [5.74, 6) is -0.761. The molecule has 7 nitrogen and oxygen atoms in total. The molecule has 2 aromatic carbocycles. The van der Waals surface area contributed by atoms with E-state index in [0.717, 1.165) is 11.6 Å². The van der Waals surface area contributed by atoms with Crippen LogP contribution < -0.4 is 10.0 Å². The third-order valence-corrected chi connectivity index (χ3v) is 5.62. The topological polar surface area (TPSA) is 109 Å². The van der Waals surface area contributed by atoms with E-state index in [9.17, 15) is 18.3 Å². The van der Waals surface area contributed by atoms with E-state index in [1.165, 1.54) is 18.4 Å². The Balaban J connectivity index is 1.83. The number of benzene rings is 2. The maximum atomic E-state index is 12.5. The molecule has 0 spiro atoms. The van der Waals surface area contributed by atoms with Crippen molar-refractivity contribution < 1.29 is 22.7 Å². The Hall–Kier alpha value is -3.10. The minimum Gasteiger partial charge on any atom is -0.478 e. The lowest BCUT2D eigenvalue weighted by atomic mass is 10.1. The van der Waals surface area contributed by atoms with Gasteiger partial charge in [-0.25, -0.2) is 17.9 Å². The minimum atomic E-state index is -3.89. The van der Waals surface area contributed by atoms with Gasteiger partial charge in [-0.2, -0.15) is 0 Å². The van der Waals surface area contributed by atoms with Gasteiger partial charge in [-0.1, -0.05) is 30.3 Å². The first-order chi connectivity index (χ1) is 13.4. The van der Waals surface area contributed by atoms with Gasteiger partial charge in [0.1, 0.15) is 5.76 Å². The van der Waals surface area contributed by atoms with Crippen molar-refractivity contribution in [1.82, 2.24) is 4.72 Å². The highest BCUT2D eigenvalue weighted by atomic mass is 32.2. The summed E-state index contributed by atoms with van der Waals surface area (Å²) in [6.45, 7) is 1.87. The summed E-state index contributed by atoms with van der Waals surface area (Å²) in [6, 6.07) is 16.7. The monoisotopic (exact) mass is 400 g/mol. The quantitative estimate of drug-likeness (QED) is 0.533. The summed E-state index contributed by atoms with van der Waals surface area (Å²) >= 11 is 0. The number of furan rings is 1. The fraction of sp³-hybridized carbons (Fsp3) is 0.150. The van der Waals surface area contributed by atoms with Crippen molar-refractivity contribution in [2.24, 2.45) is 0 Å². The van der Waals surface area contributed by atoms with Crippen LogP contribution in [0.5, 0.6) is 0 Å². The standard InChI is InChI=1S/C20H20N2O5S/c1-14(15-6-3-2-4-7-15)22-19-10-9-17(12-18(19)20(23)24)28(25,26)21-13-16-8-5-11-27-16/h2-12,14,21-22H,13H2,1H3,(H,23,24). The molecule has 146 valence electrons. The van der Waals surface area contributed by atoms with Gasteiger partial charge in [-0.15, -0.1) is 0 Å². The van der Waals surface area contributed by atoms with E-state index in [1.54, 1.807) is 12.1 Å². The molecular formula is C20H20N2O5S. The second-order valence-electron chi connectivity index (χ2n) is 6.19. The van der Waals surface area contributed by atoms with Crippen LogP contribution in [0.1, 0.15) is 34.6 Å². The third-order valence-electron chi connectivity index (χ3n) is 4.22. The number of aromatic carboxylic acids is 1. The van der Waals surface area contributed by atoms with Crippen molar-refractivity contribution in [3.05, 3.63) is 83.8 Å². The van der Waals surface area contributed by atoms with Crippen molar-refractivity contribution in [3.63, 3.8) is 0 Å². The van der Waals surface area contributed by atoms with E-state index in [0.29, 0.717) is 11.4 Å². The average molecular weight is 400 g/mol. The zero-order valence-corrected chi connectivity index (χ0v) is 15.9. The van der Waals surface area contributed by atoms with E-state index in [4.69, 9.17) is 4.42 Å². The van der Waals surface area contributed by atoms with Crippen LogP contribution in [0.4, 0.5) is 5.69 Å². The number of hydrogen-bond acceptors (Lipinski definition) is 5. The van der Waals surface area contributed by atoms with Crippen molar-refractivity contribution in [2.45, 2.75) is 24.4 Å². The van der Waals surface area contributed by atoms with Gasteiger partial charge in [-0.05, 0) is 42.8 Å². The molecule has 0 aliphatic rings. The molecule has 0 bridgehead atoms. The Morgan fingerprint density at radius 1 is 1.11 bits per heavy atom.